The van der Waals surface area contributed by atoms with Crippen molar-refractivity contribution in [2.75, 3.05) is 13.2 Å². The highest BCUT2D eigenvalue weighted by molar-refractivity contribution is 5.43. The molecule has 0 fully saturated rings. The molecule has 8 nitrogen and oxygen atoms in total. The molecule has 0 N–H and O–H groups in total. The van der Waals surface area contributed by atoms with Crippen molar-refractivity contribution in [2.45, 2.75) is 25.7 Å². The third kappa shape index (κ3) is 7.05. The fourth-order valence-electron chi connectivity index (χ4n) is 2.31. The summed E-state index contributed by atoms with van der Waals surface area (Å²) in [5.41, 5.74) is 17.9. The molecule has 2 aromatic carbocycles. The van der Waals surface area contributed by atoms with Crippen molar-refractivity contribution in [3.63, 3.8) is 0 Å². The van der Waals surface area contributed by atoms with Crippen LogP contribution in [-0.4, -0.2) is 13.2 Å². The summed E-state index contributed by atoms with van der Waals surface area (Å²) >= 11 is 0. The molecule has 0 bridgehead atoms. The van der Waals surface area contributed by atoms with Crippen molar-refractivity contribution in [3.8, 4) is 11.5 Å². The monoisotopic (exact) mass is 352 g/mol. The first-order valence-electron chi connectivity index (χ1n) is 8.38. The molecule has 134 valence electrons. The van der Waals surface area contributed by atoms with Crippen LogP contribution in [0.15, 0.2) is 58.8 Å². The van der Waals surface area contributed by atoms with Gasteiger partial charge in [0.1, 0.15) is 11.5 Å². The first kappa shape index (κ1) is 19.0. The van der Waals surface area contributed by atoms with Gasteiger partial charge in [0.25, 0.3) is 0 Å². The van der Waals surface area contributed by atoms with Crippen LogP contribution in [0.4, 0.5) is 11.4 Å². The van der Waals surface area contributed by atoms with Crippen molar-refractivity contribution in [1.29, 1.82) is 0 Å². The maximum Gasteiger partial charge on any atom is 0.119 e. The fourth-order valence-corrected chi connectivity index (χ4v) is 2.31. The SMILES string of the molecule is [N-]=[N+]=Nc1cccc(OCCCCCCOc2cccc(N=[N+]=[N-])c2)c1. The molecule has 0 heterocycles. The number of nitrogens with zero attached hydrogens (tertiary/aromatic N) is 6. The zero-order chi connectivity index (χ0) is 18.5. The fraction of sp³-hybridized carbons (Fsp3) is 0.333. The third-order valence-corrected chi connectivity index (χ3v) is 3.53. The number of benzene rings is 2. The minimum Gasteiger partial charge on any atom is -0.494 e. The minimum absolute atomic E-state index is 0.548. The van der Waals surface area contributed by atoms with Crippen molar-refractivity contribution >= 4 is 11.4 Å². The van der Waals surface area contributed by atoms with Gasteiger partial charge in [-0.2, -0.15) is 0 Å². The number of ether oxygens (including phenoxy) is 2. The average Bonchev–Trinajstić information content (AvgIpc) is 2.65. The summed E-state index contributed by atoms with van der Waals surface area (Å²) in [6.45, 7) is 1.24. The van der Waals surface area contributed by atoms with Crippen LogP contribution < -0.4 is 9.47 Å². The summed E-state index contributed by atoms with van der Waals surface area (Å²) in [4.78, 5) is 5.52. The highest BCUT2D eigenvalue weighted by Gasteiger charge is 1.98. The van der Waals surface area contributed by atoms with Gasteiger partial charge in [0.2, 0.25) is 0 Å². The Kier molecular flexibility index (Phi) is 8.22. The summed E-state index contributed by atoms with van der Waals surface area (Å²) in [6.07, 6.45) is 3.96. The molecule has 0 saturated heterocycles. The van der Waals surface area contributed by atoms with Crippen molar-refractivity contribution in [3.05, 3.63) is 69.4 Å². The topological polar surface area (TPSA) is 116 Å². The van der Waals surface area contributed by atoms with Crippen LogP contribution in [0.2, 0.25) is 0 Å². The number of hydrogen-bond acceptors (Lipinski definition) is 4. The van der Waals surface area contributed by atoms with E-state index in [4.69, 9.17) is 20.5 Å². The van der Waals surface area contributed by atoms with Gasteiger partial charge in [-0.05, 0) is 61.0 Å². The lowest BCUT2D eigenvalue weighted by Crippen LogP contribution is -1.99. The van der Waals surface area contributed by atoms with Crippen molar-refractivity contribution in [2.24, 2.45) is 10.2 Å². The molecule has 26 heavy (non-hydrogen) atoms. The van der Waals surface area contributed by atoms with E-state index in [9.17, 15) is 0 Å². The van der Waals surface area contributed by atoms with E-state index in [2.05, 4.69) is 20.1 Å². The molecule has 8 heteroatoms. The summed E-state index contributed by atoms with van der Waals surface area (Å²) in [5.74, 6) is 1.41. The second kappa shape index (κ2) is 11.3. The lowest BCUT2D eigenvalue weighted by atomic mass is 10.2. The van der Waals surface area contributed by atoms with E-state index in [1.807, 2.05) is 12.1 Å². The van der Waals surface area contributed by atoms with E-state index in [1.165, 1.54) is 0 Å². The molecule has 0 aliphatic carbocycles. The zero-order valence-electron chi connectivity index (χ0n) is 14.4. The Balaban J connectivity index is 1.57. The van der Waals surface area contributed by atoms with E-state index < -0.39 is 0 Å². The van der Waals surface area contributed by atoms with Gasteiger partial charge in [-0.15, -0.1) is 0 Å². The number of rotatable bonds is 11. The minimum atomic E-state index is 0.548. The molecule has 0 amide bonds. The molecular weight excluding hydrogens is 332 g/mol. The summed E-state index contributed by atoms with van der Waals surface area (Å²) in [6, 6.07) is 14.2. The van der Waals surface area contributed by atoms with Crippen LogP contribution in [0.25, 0.3) is 20.9 Å². The Morgan fingerprint density at radius 2 is 1.15 bits per heavy atom. The standard InChI is InChI=1S/C18H20N6O2/c19-23-21-15-7-5-9-17(13-15)25-11-3-1-2-4-12-26-18-10-6-8-16(14-18)22-24-20/h5-10,13-14H,1-4,11-12H2. The Morgan fingerprint density at radius 1 is 0.692 bits per heavy atom. The van der Waals surface area contributed by atoms with Gasteiger partial charge in [0, 0.05) is 21.2 Å². The molecule has 0 unspecified atom stereocenters. The second-order valence-corrected chi connectivity index (χ2v) is 5.48. The van der Waals surface area contributed by atoms with E-state index in [0.29, 0.717) is 36.1 Å². The predicted molar refractivity (Wildman–Crippen MR) is 100.0 cm³/mol. The van der Waals surface area contributed by atoms with Gasteiger partial charge in [-0.1, -0.05) is 34.5 Å². The largest absolute Gasteiger partial charge is 0.494 e. The number of hydrogen-bond donors (Lipinski definition) is 0. The first-order valence-corrected chi connectivity index (χ1v) is 8.38. The van der Waals surface area contributed by atoms with Crippen LogP contribution in [-0.2, 0) is 0 Å². The van der Waals surface area contributed by atoms with Gasteiger partial charge in [0.15, 0.2) is 0 Å². The second-order valence-electron chi connectivity index (χ2n) is 5.48. The lowest BCUT2D eigenvalue weighted by Gasteiger charge is -2.08. The van der Waals surface area contributed by atoms with Crippen LogP contribution in [0.3, 0.4) is 0 Å². The van der Waals surface area contributed by atoms with Crippen molar-refractivity contribution < 1.29 is 9.47 Å². The molecule has 0 saturated carbocycles. The van der Waals surface area contributed by atoms with Gasteiger partial charge < -0.3 is 9.47 Å². The van der Waals surface area contributed by atoms with E-state index in [1.54, 1.807) is 36.4 Å². The van der Waals surface area contributed by atoms with Gasteiger partial charge in [-0.25, -0.2) is 0 Å². The van der Waals surface area contributed by atoms with Crippen LogP contribution in [0.1, 0.15) is 25.7 Å². The molecule has 0 spiro atoms. The van der Waals surface area contributed by atoms with E-state index in [0.717, 1.165) is 25.7 Å². The van der Waals surface area contributed by atoms with Gasteiger partial charge in [0.05, 0.1) is 13.2 Å². The van der Waals surface area contributed by atoms with Crippen LogP contribution in [0.5, 0.6) is 11.5 Å². The predicted octanol–water partition coefficient (Wildman–Crippen LogP) is 6.59. The average molecular weight is 352 g/mol. The Labute approximate surface area is 151 Å². The first-order chi connectivity index (χ1) is 12.8. The van der Waals surface area contributed by atoms with Crippen molar-refractivity contribution in [1.82, 2.24) is 0 Å². The molecule has 0 radical (unpaired) electrons. The van der Waals surface area contributed by atoms with Crippen LogP contribution >= 0.6 is 0 Å². The highest BCUT2D eigenvalue weighted by Crippen LogP contribution is 2.21. The molecular formula is C18H20N6O2. The number of azide groups is 2. The normalized spacial score (nSPS) is 9.69. The summed E-state index contributed by atoms with van der Waals surface area (Å²) < 4.78 is 11.3. The van der Waals surface area contributed by atoms with Gasteiger partial charge >= 0.3 is 0 Å². The lowest BCUT2D eigenvalue weighted by molar-refractivity contribution is 0.287. The maximum atomic E-state index is 8.43. The van der Waals surface area contributed by atoms with E-state index in [-0.39, 0.29) is 0 Å². The molecule has 0 atom stereocenters. The Hall–Kier alpha value is -3.34. The quantitative estimate of drug-likeness (QED) is 0.196. The Bertz CT molecular complexity index is 730. The van der Waals surface area contributed by atoms with E-state index >= 15 is 0 Å². The maximum absolute atomic E-state index is 8.43. The zero-order valence-corrected chi connectivity index (χ0v) is 14.4. The molecule has 0 aliphatic rings. The molecule has 2 rings (SSSR count). The smallest absolute Gasteiger partial charge is 0.119 e. The summed E-state index contributed by atoms with van der Waals surface area (Å²) in [5, 5.41) is 7.10. The third-order valence-electron chi connectivity index (χ3n) is 3.53. The molecule has 0 aromatic heterocycles. The number of unbranched alkanes of at least 4 members (excludes halogenated alkanes) is 3. The summed E-state index contributed by atoms with van der Waals surface area (Å²) in [7, 11) is 0. The molecule has 2 aromatic rings. The highest BCUT2D eigenvalue weighted by atomic mass is 16.5. The molecule has 0 aliphatic heterocycles. The van der Waals surface area contributed by atoms with Crippen LogP contribution in [0, 0.1) is 0 Å². The Morgan fingerprint density at radius 3 is 1.58 bits per heavy atom. The van der Waals surface area contributed by atoms with Gasteiger partial charge in [-0.3, -0.25) is 0 Å².